The molecule has 1 N–H and O–H groups in total. The van der Waals surface area contributed by atoms with Crippen LogP contribution < -0.4 is 0 Å². The Labute approximate surface area is 82.5 Å². The molecule has 0 aromatic carbocycles. The van der Waals surface area contributed by atoms with E-state index in [0.29, 0.717) is 5.69 Å². The number of hydrogen-bond donors (Lipinski definition) is 1. The van der Waals surface area contributed by atoms with Crippen LogP contribution in [-0.4, -0.2) is 20.9 Å². The zero-order valence-corrected chi connectivity index (χ0v) is 8.29. The molecule has 4 nitrogen and oxygen atoms in total. The summed E-state index contributed by atoms with van der Waals surface area (Å²) in [6.45, 7) is 0. The fourth-order valence-electron chi connectivity index (χ4n) is 2.13. The number of aromatic carboxylic acids is 1. The van der Waals surface area contributed by atoms with E-state index in [0.717, 1.165) is 36.9 Å². The van der Waals surface area contributed by atoms with Gasteiger partial charge in [-0.25, -0.2) is 4.79 Å². The van der Waals surface area contributed by atoms with Crippen molar-refractivity contribution in [3.63, 3.8) is 0 Å². The Bertz CT molecular complexity index is 368. The highest BCUT2D eigenvalue weighted by atomic mass is 16.4. The Kier molecular flexibility index (Phi) is 2.27. The molecule has 14 heavy (non-hydrogen) atoms. The third-order valence-electron chi connectivity index (χ3n) is 2.77. The minimum Gasteiger partial charge on any atom is -0.477 e. The quantitative estimate of drug-likeness (QED) is 0.687. The van der Waals surface area contributed by atoms with Crippen molar-refractivity contribution in [2.45, 2.75) is 32.1 Å². The van der Waals surface area contributed by atoms with Crippen molar-refractivity contribution < 1.29 is 9.90 Å². The number of aryl methyl sites for hydroxylation is 2. The van der Waals surface area contributed by atoms with Gasteiger partial charge in [-0.05, 0) is 25.7 Å². The molecule has 0 radical (unpaired) electrons. The molecule has 0 saturated carbocycles. The number of fused-ring (bicyclic) bond motifs is 1. The number of nitrogens with zero attached hydrogens (tertiary/aromatic N) is 2. The summed E-state index contributed by atoms with van der Waals surface area (Å²) in [5.41, 5.74) is 2.32. The molecule has 1 aromatic heterocycles. The average molecular weight is 194 g/mol. The second kappa shape index (κ2) is 3.44. The zero-order valence-electron chi connectivity index (χ0n) is 8.29. The SMILES string of the molecule is Cn1nc2c(c1C(=O)O)CCCCC2. The molecule has 1 aromatic rings. The van der Waals surface area contributed by atoms with Crippen LogP contribution in [0.15, 0.2) is 0 Å². The molecule has 0 spiro atoms. The summed E-state index contributed by atoms with van der Waals surface area (Å²) in [7, 11) is 1.71. The average Bonchev–Trinajstić information content (AvgIpc) is 2.31. The fraction of sp³-hybridized carbons (Fsp3) is 0.600. The molecule has 0 bridgehead atoms. The smallest absolute Gasteiger partial charge is 0.354 e. The standard InChI is InChI=1S/C10H14N2O2/c1-12-9(10(13)14)7-5-3-2-4-6-8(7)11-12/h2-6H2,1H3,(H,13,14). The molecule has 0 fully saturated rings. The zero-order chi connectivity index (χ0) is 10.1. The molecule has 0 unspecified atom stereocenters. The van der Waals surface area contributed by atoms with Crippen LogP contribution in [0.2, 0.25) is 0 Å². The minimum atomic E-state index is -0.858. The van der Waals surface area contributed by atoms with E-state index in [9.17, 15) is 4.79 Å². The van der Waals surface area contributed by atoms with Gasteiger partial charge in [0.15, 0.2) is 0 Å². The topological polar surface area (TPSA) is 55.1 Å². The predicted octanol–water partition coefficient (Wildman–Crippen LogP) is 1.39. The Hall–Kier alpha value is -1.32. The van der Waals surface area contributed by atoms with Gasteiger partial charge in [0.25, 0.3) is 0 Å². The Morgan fingerprint density at radius 3 is 2.79 bits per heavy atom. The summed E-state index contributed by atoms with van der Waals surface area (Å²) in [5, 5.41) is 13.3. The van der Waals surface area contributed by atoms with Gasteiger partial charge in [-0.15, -0.1) is 0 Å². The van der Waals surface area contributed by atoms with Gasteiger partial charge in [0.2, 0.25) is 0 Å². The predicted molar refractivity (Wildman–Crippen MR) is 51.4 cm³/mol. The van der Waals surface area contributed by atoms with Crippen molar-refractivity contribution in [2.75, 3.05) is 0 Å². The largest absolute Gasteiger partial charge is 0.477 e. The molecular weight excluding hydrogens is 180 g/mol. The van der Waals surface area contributed by atoms with Crippen LogP contribution in [0.1, 0.15) is 41.0 Å². The van der Waals surface area contributed by atoms with Crippen molar-refractivity contribution in [2.24, 2.45) is 7.05 Å². The maximum atomic E-state index is 11.0. The van der Waals surface area contributed by atoms with Crippen molar-refractivity contribution >= 4 is 5.97 Å². The van der Waals surface area contributed by atoms with E-state index in [1.54, 1.807) is 7.05 Å². The summed E-state index contributed by atoms with van der Waals surface area (Å²) >= 11 is 0. The highest BCUT2D eigenvalue weighted by molar-refractivity contribution is 5.87. The van der Waals surface area contributed by atoms with Crippen molar-refractivity contribution in [1.29, 1.82) is 0 Å². The number of aromatic nitrogens is 2. The van der Waals surface area contributed by atoms with E-state index in [2.05, 4.69) is 5.10 Å². The van der Waals surface area contributed by atoms with E-state index >= 15 is 0 Å². The molecule has 1 heterocycles. The number of carbonyl (C=O) groups is 1. The number of rotatable bonds is 1. The number of carboxylic acid groups (broad SMARTS) is 1. The normalized spacial score (nSPS) is 16.1. The molecular formula is C10H14N2O2. The van der Waals surface area contributed by atoms with Gasteiger partial charge in [-0.1, -0.05) is 6.42 Å². The summed E-state index contributed by atoms with van der Waals surface area (Å²) < 4.78 is 1.50. The fourth-order valence-corrected chi connectivity index (χ4v) is 2.13. The molecule has 4 heteroatoms. The Morgan fingerprint density at radius 1 is 1.36 bits per heavy atom. The van der Waals surface area contributed by atoms with Crippen LogP contribution >= 0.6 is 0 Å². The Balaban J connectivity index is 2.49. The van der Waals surface area contributed by atoms with Crippen molar-refractivity contribution in [3.05, 3.63) is 17.0 Å². The first-order valence-corrected chi connectivity index (χ1v) is 4.98. The number of carboxylic acids is 1. The van der Waals surface area contributed by atoms with E-state index in [1.807, 2.05) is 0 Å². The second-order valence-electron chi connectivity index (χ2n) is 3.76. The van der Waals surface area contributed by atoms with E-state index in [4.69, 9.17) is 5.11 Å². The van der Waals surface area contributed by atoms with Crippen LogP contribution in [0, 0.1) is 0 Å². The van der Waals surface area contributed by atoms with Gasteiger partial charge in [-0.3, -0.25) is 4.68 Å². The van der Waals surface area contributed by atoms with Gasteiger partial charge >= 0.3 is 5.97 Å². The monoisotopic (exact) mass is 194 g/mol. The molecule has 2 rings (SSSR count). The first-order chi connectivity index (χ1) is 6.70. The second-order valence-corrected chi connectivity index (χ2v) is 3.76. The maximum Gasteiger partial charge on any atom is 0.354 e. The van der Waals surface area contributed by atoms with Gasteiger partial charge in [-0.2, -0.15) is 5.10 Å². The highest BCUT2D eigenvalue weighted by Gasteiger charge is 2.22. The van der Waals surface area contributed by atoms with Crippen LogP contribution in [-0.2, 0) is 19.9 Å². The summed E-state index contributed by atoms with van der Waals surface area (Å²) in [6, 6.07) is 0. The minimum absolute atomic E-state index is 0.377. The number of hydrogen-bond acceptors (Lipinski definition) is 2. The summed E-state index contributed by atoms with van der Waals surface area (Å²) in [5.74, 6) is -0.858. The molecule has 76 valence electrons. The first kappa shape index (κ1) is 9.24. The highest BCUT2D eigenvalue weighted by Crippen LogP contribution is 2.22. The third kappa shape index (κ3) is 1.41. The van der Waals surface area contributed by atoms with Crippen LogP contribution in [0.25, 0.3) is 0 Å². The lowest BCUT2D eigenvalue weighted by Crippen LogP contribution is -2.08. The van der Waals surface area contributed by atoms with Crippen LogP contribution in [0.5, 0.6) is 0 Å². The van der Waals surface area contributed by atoms with Gasteiger partial charge < -0.3 is 5.11 Å². The lowest BCUT2D eigenvalue weighted by molar-refractivity contribution is 0.0683. The molecule has 1 aliphatic carbocycles. The Morgan fingerprint density at radius 2 is 2.07 bits per heavy atom. The maximum absolute atomic E-state index is 11.0. The molecule has 0 amide bonds. The first-order valence-electron chi connectivity index (χ1n) is 4.98. The summed E-state index contributed by atoms with van der Waals surface area (Å²) in [4.78, 5) is 11.0. The van der Waals surface area contributed by atoms with E-state index in [1.165, 1.54) is 11.1 Å². The molecule has 0 aliphatic heterocycles. The molecule has 1 aliphatic rings. The lowest BCUT2D eigenvalue weighted by Gasteiger charge is -1.99. The molecule has 0 saturated heterocycles. The molecule has 0 atom stereocenters. The lowest BCUT2D eigenvalue weighted by atomic mass is 10.1. The van der Waals surface area contributed by atoms with E-state index < -0.39 is 5.97 Å². The van der Waals surface area contributed by atoms with Gasteiger partial charge in [0, 0.05) is 12.6 Å². The van der Waals surface area contributed by atoms with Crippen molar-refractivity contribution in [3.8, 4) is 0 Å². The van der Waals surface area contributed by atoms with Crippen molar-refractivity contribution in [1.82, 2.24) is 9.78 Å². The van der Waals surface area contributed by atoms with Crippen LogP contribution in [0.4, 0.5) is 0 Å². The van der Waals surface area contributed by atoms with Gasteiger partial charge in [0.05, 0.1) is 5.69 Å². The van der Waals surface area contributed by atoms with E-state index in [-0.39, 0.29) is 0 Å². The van der Waals surface area contributed by atoms with Gasteiger partial charge in [0.1, 0.15) is 5.69 Å². The third-order valence-corrected chi connectivity index (χ3v) is 2.77. The summed E-state index contributed by atoms with van der Waals surface area (Å²) in [6.07, 6.45) is 5.18. The van der Waals surface area contributed by atoms with Crippen LogP contribution in [0.3, 0.4) is 0 Å².